The van der Waals surface area contributed by atoms with Gasteiger partial charge in [0.05, 0.1) is 18.8 Å². The van der Waals surface area contributed by atoms with Gasteiger partial charge in [-0.15, -0.1) is 0 Å². The van der Waals surface area contributed by atoms with E-state index in [1.165, 1.54) is 16.8 Å². The number of piperidine rings is 1. The Bertz CT molecular complexity index is 1130. The highest BCUT2D eigenvalue weighted by atomic mass is 16.2. The van der Waals surface area contributed by atoms with Crippen LogP contribution in [0.15, 0.2) is 66.9 Å². The van der Waals surface area contributed by atoms with Crippen LogP contribution in [0.5, 0.6) is 0 Å². The van der Waals surface area contributed by atoms with Crippen molar-refractivity contribution in [3.05, 3.63) is 89.2 Å². The predicted octanol–water partition coefficient (Wildman–Crippen LogP) is 4.30. The van der Waals surface area contributed by atoms with Gasteiger partial charge in [0.25, 0.3) is 0 Å². The zero-order chi connectivity index (χ0) is 24.0. The number of aromatic nitrogens is 2. The van der Waals surface area contributed by atoms with E-state index in [9.17, 15) is 9.59 Å². The van der Waals surface area contributed by atoms with Gasteiger partial charge in [-0.1, -0.05) is 60.7 Å². The highest BCUT2D eigenvalue weighted by Crippen LogP contribution is 2.31. The van der Waals surface area contributed by atoms with Gasteiger partial charge in [0.1, 0.15) is 0 Å². The molecular formula is C29H34N4O2. The summed E-state index contributed by atoms with van der Waals surface area (Å²) < 4.78 is 2.09. The molecule has 0 radical (unpaired) electrons. The van der Waals surface area contributed by atoms with Gasteiger partial charge in [-0.2, -0.15) is 5.10 Å². The Labute approximate surface area is 207 Å². The molecule has 1 aromatic heterocycles. The van der Waals surface area contributed by atoms with Gasteiger partial charge in [-0.3, -0.25) is 14.3 Å². The predicted molar refractivity (Wildman–Crippen MR) is 136 cm³/mol. The van der Waals surface area contributed by atoms with Gasteiger partial charge in [-0.25, -0.2) is 0 Å². The molecule has 2 aliphatic rings. The number of amides is 2. The van der Waals surface area contributed by atoms with Crippen LogP contribution in [0.2, 0.25) is 0 Å². The molecule has 3 aromatic rings. The van der Waals surface area contributed by atoms with Gasteiger partial charge >= 0.3 is 0 Å². The number of fused-ring (bicyclic) bond motifs is 1. The maximum atomic E-state index is 13.1. The molecule has 0 spiro atoms. The summed E-state index contributed by atoms with van der Waals surface area (Å²) in [5.74, 6) is 0.281. The van der Waals surface area contributed by atoms with E-state index in [4.69, 9.17) is 0 Å². The fourth-order valence-electron chi connectivity index (χ4n) is 5.40. The third-order valence-electron chi connectivity index (χ3n) is 7.44. The zero-order valence-corrected chi connectivity index (χ0v) is 20.2. The van der Waals surface area contributed by atoms with Crippen molar-refractivity contribution in [2.45, 2.75) is 57.5 Å². The van der Waals surface area contributed by atoms with Crippen molar-refractivity contribution in [3.63, 3.8) is 0 Å². The summed E-state index contributed by atoms with van der Waals surface area (Å²) in [5.41, 5.74) is 4.82. The van der Waals surface area contributed by atoms with Crippen LogP contribution >= 0.6 is 0 Å². The first kappa shape index (κ1) is 23.3. The molecular weight excluding hydrogens is 436 g/mol. The van der Waals surface area contributed by atoms with Crippen molar-refractivity contribution < 1.29 is 9.59 Å². The van der Waals surface area contributed by atoms with Gasteiger partial charge in [-0.05, 0) is 49.7 Å². The fourth-order valence-corrected chi connectivity index (χ4v) is 5.40. The van der Waals surface area contributed by atoms with Crippen molar-refractivity contribution in [1.29, 1.82) is 0 Å². The van der Waals surface area contributed by atoms with E-state index in [1.54, 1.807) is 0 Å². The Hall–Kier alpha value is -3.41. The summed E-state index contributed by atoms with van der Waals surface area (Å²) in [7, 11) is 0. The van der Waals surface area contributed by atoms with Crippen molar-refractivity contribution in [2.75, 3.05) is 13.1 Å². The molecule has 2 aromatic carbocycles. The normalized spacial score (nSPS) is 18.2. The number of nitrogens with one attached hydrogen (secondary N) is 1. The third kappa shape index (κ3) is 5.64. The molecule has 0 saturated carbocycles. The van der Waals surface area contributed by atoms with Crippen molar-refractivity contribution >= 4 is 11.8 Å². The second kappa shape index (κ2) is 10.9. The van der Waals surface area contributed by atoms with Crippen molar-refractivity contribution in [2.24, 2.45) is 5.92 Å². The van der Waals surface area contributed by atoms with Crippen molar-refractivity contribution in [3.8, 4) is 0 Å². The maximum absolute atomic E-state index is 13.1. The molecule has 1 saturated heterocycles. The Balaban J connectivity index is 1.13. The minimum atomic E-state index is -0.0297. The standard InChI is InChI=1S/C29H34N4O2/c34-28(15-14-22-8-3-1-4-9-22)32-18-16-24(17-19-32)29(35)31-26-12-7-13-27-25(26)20-30-33(27)21-23-10-5-2-6-11-23/h1-6,8-11,20,24,26H,7,12-19,21H2,(H,31,35). The molecule has 1 N–H and O–H groups in total. The Kier molecular flexibility index (Phi) is 7.26. The number of nitrogens with zero attached hydrogens (tertiary/aromatic N) is 3. The highest BCUT2D eigenvalue weighted by Gasteiger charge is 2.31. The van der Waals surface area contributed by atoms with Crippen LogP contribution in [0.25, 0.3) is 0 Å². The lowest BCUT2D eigenvalue weighted by molar-refractivity contribution is -0.135. The zero-order valence-electron chi connectivity index (χ0n) is 20.2. The number of aryl methyl sites for hydroxylation is 1. The lowest BCUT2D eigenvalue weighted by Crippen LogP contribution is -2.44. The number of likely N-dealkylation sites (tertiary alicyclic amines) is 1. The number of benzene rings is 2. The summed E-state index contributed by atoms with van der Waals surface area (Å²) in [6.45, 7) is 2.08. The summed E-state index contributed by atoms with van der Waals surface area (Å²) in [6, 6.07) is 20.5. The monoisotopic (exact) mass is 470 g/mol. The van der Waals surface area contributed by atoms with E-state index in [0.29, 0.717) is 19.5 Å². The van der Waals surface area contributed by atoms with Crippen LogP contribution in [-0.2, 0) is 29.0 Å². The molecule has 6 nitrogen and oxygen atoms in total. The van der Waals surface area contributed by atoms with Crippen LogP contribution in [0.3, 0.4) is 0 Å². The van der Waals surface area contributed by atoms with E-state index < -0.39 is 0 Å². The first-order valence-corrected chi connectivity index (χ1v) is 12.9. The summed E-state index contributed by atoms with van der Waals surface area (Å²) in [6.07, 6.45) is 7.69. The Morgan fingerprint density at radius 1 is 0.914 bits per heavy atom. The van der Waals surface area contributed by atoms with Crippen LogP contribution in [0.1, 0.15) is 60.5 Å². The van der Waals surface area contributed by atoms with Crippen LogP contribution < -0.4 is 5.32 Å². The molecule has 2 heterocycles. The van der Waals surface area contributed by atoms with Crippen LogP contribution in [-0.4, -0.2) is 39.6 Å². The van der Waals surface area contributed by atoms with Gasteiger partial charge < -0.3 is 10.2 Å². The Morgan fingerprint density at radius 2 is 1.60 bits per heavy atom. The molecule has 182 valence electrons. The van der Waals surface area contributed by atoms with Gasteiger partial charge in [0.2, 0.25) is 11.8 Å². The number of carbonyl (C=O) groups excluding carboxylic acids is 2. The lowest BCUT2D eigenvalue weighted by atomic mass is 9.90. The average molecular weight is 471 g/mol. The third-order valence-corrected chi connectivity index (χ3v) is 7.44. The fraction of sp³-hybridized carbons (Fsp3) is 0.414. The number of rotatable bonds is 7. The van der Waals surface area contributed by atoms with E-state index in [1.807, 2.05) is 35.4 Å². The number of hydrogen-bond donors (Lipinski definition) is 1. The molecule has 1 aliphatic carbocycles. The number of hydrogen-bond acceptors (Lipinski definition) is 3. The number of carbonyl (C=O) groups is 2. The lowest BCUT2D eigenvalue weighted by Gasteiger charge is -2.33. The first-order chi connectivity index (χ1) is 17.2. The largest absolute Gasteiger partial charge is 0.349 e. The molecule has 0 bridgehead atoms. The molecule has 2 amide bonds. The quantitative estimate of drug-likeness (QED) is 0.560. The average Bonchev–Trinajstić information content (AvgIpc) is 3.32. The van der Waals surface area contributed by atoms with Crippen molar-refractivity contribution in [1.82, 2.24) is 20.0 Å². The van der Waals surface area contributed by atoms with E-state index in [0.717, 1.165) is 50.6 Å². The summed E-state index contributed by atoms with van der Waals surface area (Å²) in [4.78, 5) is 27.7. The SMILES string of the molecule is O=C(NC1CCCc2c1cnn2Cc1ccccc1)C1CCN(C(=O)CCc2ccccc2)CC1. The van der Waals surface area contributed by atoms with E-state index >= 15 is 0 Å². The summed E-state index contributed by atoms with van der Waals surface area (Å²) >= 11 is 0. The molecule has 1 unspecified atom stereocenters. The first-order valence-electron chi connectivity index (χ1n) is 12.9. The summed E-state index contributed by atoms with van der Waals surface area (Å²) in [5, 5.41) is 7.97. The van der Waals surface area contributed by atoms with E-state index in [-0.39, 0.29) is 23.8 Å². The molecule has 35 heavy (non-hydrogen) atoms. The molecule has 6 heteroatoms. The smallest absolute Gasteiger partial charge is 0.223 e. The molecule has 1 atom stereocenters. The molecule has 1 aliphatic heterocycles. The second-order valence-corrected chi connectivity index (χ2v) is 9.78. The minimum absolute atomic E-state index is 0.0290. The topological polar surface area (TPSA) is 67.2 Å². The Morgan fingerprint density at radius 3 is 2.31 bits per heavy atom. The molecule has 1 fully saturated rings. The minimum Gasteiger partial charge on any atom is -0.349 e. The van der Waals surface area contributed by atoms with E-state index in [2.05, 4.69) is 51.5 Å². The van der Waals surface area contributed by atoms with Gasteiger partial charge in [0.15, 0.2) is 0 Å². The highest BCUT2D eigenvalue weighted by molar-refractivity contribution is 5.80. The molecule has 5 rings (SSSR count). The van der Waals surface area contributed by atoms with Crippen LogP contribution in [0.4, 0.5) is 0 Å². The van der Waals surface area contributed by atoms with Gasteiger partial charge in [0, 0.05) is 36.7 Å². The van der Waals surface area contributed by atoms with Crippen LogP contribution in [0, 0.1) is 5.92 Å². The maximum Gasteiger partial charge on any atom is 0.223 e. The second-order valence-electron chi connectivity index (χ2n) is 9.78.